The third kappa shape index (κ3) is 2.06. The molecule has 2 nitrogen and oxygen atoms in total. The summed E-state index contributed by atoms with van der Waals surface area (Å²) in [4.78, 5) is 2.36. The van der Waals surface area contributed by atoms with E-state index in [-0.39, 0.29) is 5.41 Å². The van der Waals surface area contributed by atoms with E-state index in [1.165, 1.54) is 11.3 Å². The summed E-state index contributed by atoms with van der Waals surface area (Å²) in [5, 5.41) is 0. The van der Waals surface area contributed by atoms with Gasteiger partial charge in [-0.1, -0.05) is 26.0 Å². The lowest BCUT2D eigenvalue weighted by Crippen LogP contribution is -2.21. The number of benzene rings is 1. The highest BCUT2D eigenvalue weighted by Crippen LogP contribution is 2.57. The molecule has 1 aliphatic carbocycles. The number of nitrogens with two attached hydrogens (primary N) is 1. The van der Waals surface area contributed by atoms with E-state index < -0.39 is 0 Å². The van der Waals surface area contributed by atoms with Crippen LogP contribution in [0.2, 0.25) is 0 Å². The van der Waals surface area contributed by atoms with Crippen molar-refractivity contribution >= 4 is 5.69 Å². The zero-order valence-corrected chi connectivity index (χ0v) is 11.4. The Morgan fingerprint density at radius 1 is 1.12 bits per heavy atom. The van der Waals surface area contributed by atoms with Crippen LogP contribution in [-0.2, 0) is 0 Å². The predicted molar refractivity (Wildman–Crippen MR) is 74.5 cm³/mol. The van der Waals surface area contributed by atoms with Gasteiger partial charge in [0.2, 0.25) is 0 Å². The Labute approximate surface area is 105 Å². The van der Waals surface area contributed by atoms with Crippen molar-refractivity contribution in [3.63, 3.8) is 0 Å². The van der Waals surface area contributed by atoms with Crippen LogP contribution in [0.4, 0.5) is 5.69 Å². The largest absolute Gasteiger partial charge is 0.372 e. The van der Waals surface area contributed by atoms with Crippen molar-refractivity contribution in [2.24, 2.45) is 11.1 Å². The van der Waals surface area contributed by atoms with Crippen molar-refractivity contribution in [1.82, 2.24) is 0 Å². The SMILES string of the molecule is CCN(CC)c1ccc([C@H]2[C@H](N)C2(C)C)cc1. The van der Waals surface area contributed by atoms with Crippen LogP contribution in [0, 0.1) is 5.41 Å². The first-order chi connectivity index (χ1) is 8.02. The van der Waals surface area contributed by atoms with Crippen LogP contribution >= 0.6 is 0 Å². The molecular weight excluding hydrogens is 208 g/mol. The lowest BCUT2D eigenvalue weighted by molar-refractivity contribution is 0.599. The first-order valence-electron chi connectivity index (χ1n) is 6.62. The van der Waals surface area contributed by atoms with Crippen LogP contribution in [-0.4, -0.2) is 19.1 Å². The van der Waals surface area contributed by atoms with Crippen LogP contribution in [0.15, 0.2) is 24.3 Å². The Morgan fingerprint density at radius 3 is 1.94 bits per heavy atom. The summed E-state index contributed by atoms with van der Waals surface area (Å²) in [6, 6.07) is 9.26. The second-order valence-electron chi connectivity index (χ2n) is 5.59. The van der Waals surface area contributed by atoms with Crippen LogP contribution in [0.5, 0.6) is 0 Å². The van der Waals surface area contributed by atoms with E-state index in [9.17, 15) is 0 Å². The van der Waals surface area contributed by atoms with Gasteiger partial charge >= 0.3 is 0 Å². The highest BCUT2D eigenvalue weighted by Gasteiger charge is 2.55. The van der Waals surface area contributed by atoms with Gasteiger partial charge in [0, 0.05) is 30.7 Å². The lowest BCUT2D eigenvalue weighted by Gasteiger charge is -2.21. The Morgan fingerprint density at radius 2 is 1.59 bits per heavy atom. The van der Waals surface area contributed by atoms with Crippen LogP contribution in [0.1, 0.15) is 39.2 Å². The van der Waals surface area contributed by atoms with E-state index >= 15 is 0 Å². The number of rotatable bonds is 4. The van der Waals surface area contributed by atoms with E-state index in [1.807, 2.05) is 0 Å². The maximum Gasteiger partial charge on any atom is 0.0366 e. The summed E-state index contributed by atoms with van der Waals surface area (Å²) in [7, 11) is 0. The minimum Gasteiger partial charge on any atom is -0.372 e. The summed E-state index contributed by atoms with van der Waals surface area (Å²) < 4.78 is 0. The third-order valence-electron chi connectivity index (χ3n) is 4.29. The quantitative estimate of drug-likeness (QED) is 0.864. The number of hydrogen-bond acceptors (Lipinski definition) is 2. The first kappa shape index (κ1) is 12.4. The highest BCUT2D eigenvalue weighted by atomic mass is 15.1. The molecule has 2 atom stereocenters. The van der Waals surface area contributed by atoms with Crippen molar-refractivity contribution in [3.05, 3.63) is 29.8 Å². The fourth-order valence-electron chi connectivity index (χ4n) is 2.80. The number of anilines is 1. The molecule has 94 valence electrons. The topological polar surface area (TPSA) is 29.3 Å². The van der Waals surface area contributed by atoms with E-state index in [0.717, 1.165) is 13.1 Å². The molecule has 0 aromatic heterocycles. The first-order valence-corrected chi connectivity index (χ1v) is 6.62. The molecule has 0 saturated heterocycles. The van der Waals surface area contributed by atoms with E-state index in [4.69, 9.17) is 5.73 Å². The second-order valence-corrected chi connectivity index (χ2v) is 5.59. The van der Waals surface area contributed by atoms with Crippen molar-refractivity contribution in [2.75, 3.05) is 18.0 Å². The second kappa shape index (κ2) is 4.34. The van der Waals surface area contributed by atoms with Gasteiger partial charge in [0.05, 0.1) is 0 Å². The molecule has 0 amide bonds. The molecule has 1 fully saturated rings. The van der Waals surface area contributed by atoms with Crippen molar-refractivity contribution in [1.29, 1.82) is 0 Å². The molecule has 17 heavy (non-hydrogen) atoms. The summed E-state index contributed by atoms with van der Waals surface area (Å²) in [5.41, 5.74) is 9.09. The van der Waals surface area contributed by atoms with Gasteiger partial charge in [-0.2, -0.15) is 0 Å². The Hall–Kier alpha value is -1.02. The molecule has 0 unspecified atom stereocenters. The molecule has 0 aliphatic heterocycles. The monoisotopic (exact) mass is 232 g/mol. The van der Waals surface area contributed by atoms with Gasteiger partial charge in [0.15, 0.2) is 0 Å². The molecule has 0 spiro atoms. The van der Waals surface area contributed by atoms with Gasteiger partial charge in [-0.25, -0.2) is 0 Å². The number of nitrogens with zero attached hydrogens (tertiary/aromatic N) is 1. The Bertz CT molecular complexity index is 376. The molecule has 2 heteroatoms. The molecule has 0 heterocycles. The lowest BCUT2D eigenvalue weighted by atomic mass is 10.0. The Kier molecular flexibility index (Phi) is 3.17. The minimum absolute atomic E-state index is 0.275. The zero-order chi connectivity index (χ0) is 12.6. The van der Waals surface area contributed by atoms with Gasteiger partial charge < -0.3 is 10.6 Å². The number of hydrogen-bond donors (Lipinski definition) is 1. The smallest absolute Gasteiger partial charge is 0.0366 e. The summed E-state index contributed by atoms with van der Waals surface area (Å²) in [6.45, 7) is 11.0. The van der Waals surface area contributed by atoms with Crippen molar-refractivity contribution in [2.45, 2.75) is 39.7 Å². The predicted octanol–water partition coefficient (Wildman–Crippen LogP) is 2.98. The van der Waals surface area contributed by atoms with Gasteiger partial charge in [0.25, 0.3) is 0 Å². The molecule has 1 aromatic rings. The molecule has 1 aliphatic rings. The van der Waals surface area contributed by atoms with Gasteiger partial charge in [-0.3, -0.25) is 0 Å². The average Bonchev–Trinajstić information content (AvgIpc) is 2.81. The molecular formula is C15H24N2. The average molecular weight is 232 g/mol. The normalized spacial score (nSPS) is 25.7. The van der Waals surface area contributed by atoms with Crippen LogP contribution < -0.4 is 10.6 Å². The van der Waals surface area contributed by atoms with E-state index in [1.54, 1.807) is 0 Å². The zero-order valence-electron chi connectivity index (χ0n) is 11.4. The van der Waals surface area contributed by atoms with E-state index in [0.29, 0.717) is 12.0 Å². The fourth-order valence-corrected chi connectivity index (χ4v) is 2.80. The van der Waals surface area contributed by atoms with Gasteiger partial charge in [-0.05, 0) is 37.0 Å². The van der Waals surface area contributed by atoms with Gasteiger partial charge in [-0.15, -0.1) is 0 Å². The molecule has 1 saturated carbocycles. The summed E-state index contributed by atoms with van der Waals surface area (Å²) in [5.74, 6) is 0.535. The maximum atomic E-state index is 6.12. The summed E-state index contributed by atoms with van der Waals surface area (Å²) >= 11 is 0. The molecule has 0 bridgehead atoms. The maximum absolute atomic E-state index is 6.12. The fraction of sp³-hybridized carbons (Fsp3) is 0.600. The molecule has 2 rings (SSSR count). The highest BCUT2D eigenvalue weighted by molar-refractivity contribution is 5.49. The summed E-state index contributed by atoms with van der Waals surface area (Å²) in [6.07, 6.45) is 0. The standard InChI is InChI=1S/C15H24N2/c1-5-17(6-2)12-9-7-11(8-10-12)13-14(16)15(13,3)4/h7-10,13-14H,5-6,16H2,1-4H3/t13-,14-/m0/s1. The van der Waals surface area contributed by atoms with Crippen molar-refractivity contribution in [3.8, 4) is 0 Å². The Balaban J connectivity index is 2.14. The molecule has 2 N–H and O–H groups in total. The molecule has 0 radical (unpaired) electrons. The van der Waals surface area contributed by atoms with E-state index in [2.05, 4.69) is 56.9 Å². The molecule has 1 aromatic carbocycles. The third-order valence-corrected chi connectivity index (χ3v) is 4.29. The minimum atomic E-state index is 0.275. The van der Waals surface area contributed by atoms with Gasteiger partial charge in [0.1, 0.15) is 0 Å². The van der Waals surface area contributed by atoms with Crippen LogP contribution in [0.25, 0.3) is 0 Å². The van der Waals surface area contributed by atoms with Crippen LogP contribution in [0.3, 0.4) is 0 Å². The van der Waals surface area contributed by atoms with Crippen molar-refractivity contribution < 1.29 is 0 Å².